The third-order valence-corrected chi connectivity index (χ3v) is 3.45. The molecule has 0 aliphatic carbocycles. The number of ether oxygens (including phenoxy) is 1. The Morgan fingerprint density at radius 1 is 1.24 bits per heavy atom. The predicted molar refractivity (Wildman–Crippen MR) is 73.9 cm³/mol. The van der Waals surface area contributed by atoms with Crippen molar-refractivity contribution in [3.05, 3.63) is 29.6 Å². The van der Waals surface area contributed by atoms with E-state index in [4.69, 9.17) is 9.84 Å². The van der Waals surface area contributed by atoms with Gasteiger partial charge < -0.3 is 14.7 Å². The highest BCUT2D eigenvalue weighted by atomic mass is 19.1. The molecule has 1 amide bonds. The van der Waals surface area contributed by atoms with Crippen LogP contribution < -0.4 is 4.74 Å². The van der Waals surface area contributed by atoms with Crippen molar-refractivity contribution < 1.29 is 23.8 Å². The van der Waals surface area contributed by atoms with Gasteiger partial charge in [0.1, 0.15) is 11.6 Å². The van der Waals surface area contributed by atoms with Crippen molar-refractivity contribution in [2.75, 3.05) is 13.1 Å². The number of benzene rings is 1. The lowest BCUT2D eigenvalue weighted by Crippen LogP contribution is -2.43. The van der Waals surface area contributed by atoms with Gasteiger partial charge in [-0.25, -0.2) is 9.18 Å². The second-order valence-electron chi connectivity index (χ2n) is 5.13. The average Bonchev–Trinajstić information content (AvgIpc) is 2.46. The van der Waals surface area contributed by atoms with Crippen molar-refractivity contribution in [1.82, 2.24) is 4.90 Å². The van der Waals surface area contributed by atoms with Gasteiger partial charge in [0.15, 0.2) is 6.10 Å². The van der Waals surface area contributed by atoms with Crippen LogP contribution in [0, 0.1) is 5.82 Å². The van der Waals surface area contributed by atoms with Crippen LogP contribution in [-0.2, 0) is 4.79 Å². The van der Waals surface area contributed by atoms with Gasteiger partial charge in [-0.3, -0.25) is 4.79 Å². The molecule has 0 saturated carbocycles. The normalized spacial score (nSPS) is 16.4. The minimum absolute atomic E-state index is 0.0465. The molecule has 1 unspecified atom stereocenters. The Labute approximate surface area is 122 Å². The highest BCUT2D eigenvalue weighted by Gasteiger charge is 2.23. The first-order valence-electron chi connectivity index (χ1n) is 6.96. The molecule has 1 N–H and O–H groups in total. The Bertz CT molecular complexity index is 540. The summed E-state index contributed by atoms with van der Waals surface area (Å²) in [5.74, 6) is -2.06. The third kappa shape index (κ3) is 3.93. The summed E-state index contributed by atoms with van der Waals surface area (Å²) in [5.41, 5.74) is -0.206. The molecule has 1 aliphatic rings. The molecule has 1 aliphatic heterocycles. The molecular formula is C15H18FNO4. The first kappa shape index (κ1) is 15.3. The number of likely N-dealkylation sites (tertiary alicyclic amines) is 1. The average molecular weight is 295 g/mol. The summed E-state index contributed by atoms with van der Waals surface area (Å²) < 4.78 is 18.8. The highest BCUT2D eigenvalue weighted by Crippen LogP contribution is 2.19. The molecule has 2 rings (SSSR count). The zero-order valence-corrected chi connectivity index (χ0v) is 11.8. The summed E-state index contributed by atoms with van der Waals surface area (Å²) in [6.45, 7) is 2.99. The van der Waals surface area contributed by atoms with Crippen molar-refractivity contribution in [3.8, 4) is 5.75 Å². The number of piperidine rings is 1. The molecule has 1 heterocycles. The van der Waals surface area contributed by atoms with Gasteiger partial charge >= 0.3 is 5.97 Å². The molecule has 21 heavy (non-hydrogen) atoms. The van der Waals surface area contributed by atoms with Crippen LogP contribution in [-0.4, -0.2) is 41.1 Å². The molecular weight excluding hydrogens is 277 g/mol. The maximum absolute atomic E-state index is 13.4. The summed E-state index contributed by atoms with van der Waals surface area (Å²) in [4.78, 5) is 24.8. The number of hydrogen-bond donors (Lipinski definition) is 1. The summed E-state index contributed by atoms with van der Waals surface area (Å²) in [7, 11) is 0. The van der Waals surface area contributed by atoms with Crippen LogP contribution in [0.25, 0.3) is 0 Å². The van der Waals surface area contributed by atoms with Crippen LogP contribution in [0.1, 0.15) is 36.5 Å². The van der Waals surface area contributed by atoms with E-state index in [1.54, 1.807) is 11.8 Å². The standard InChI is InChI=1S/C15H18FNO4/c1-10(14(18)17-5-3-2-4-6-17)21-13-8-11(15(19)20)7-12(16)9-13/h7-10H,2-6H2,1H3,(H,19,20). The van der Waals surface area contributed by atoms with Gasteiger partial charge in [-0.15, -0.1) is 0 Å². The maximum Gasteiger partial charge on any atom is 0.335 e. The molecule has 1 saturated heterocycles. The second kappa shape index (κ2) is 6.56. The monoisotopic (exact) mass is 295 g/mol. The fourth-order valence-electron chi connectivity index (χ4n) is 2.38. The van der Waals surface area contributed by atoms with E-state index in [2.05, 4.69) is 0 Å². The second-order valence-corrected chi connectivity index (χ2v) is 5.13. The fourth-order valence-corrected chi connectivity index (χ4v) is 2.38. The number of hydrogen-bond acceptors (Lipinski definition) is 3. The number of rotatable bonds is 4. The molecule has 1 aromatic rings. The van der Waals surface area contributed by atoms with E-state index in [-0.39, 0.29) is 17.2 Å². The van der Waals surface area contributed by atoms with Crippen LogP contribution in [0.5, 0.6) is 5.75 Å². The van der Waals surface area contributed by atoms with E-state index in [0.717, 1.165) is 31.4 Å². The first-order chi connectivity index (χ1) is 9.97. The van der Waals surface area contributed by atoms with Crippen molar-refractivity contribution in [1.29, 1.82) is 0 Å². The molecule has 0 radical (unpaired) electrons. The summed E-state index contributed by atoms with van der Waals surface area (Å²) >= 11 is 0. The summed E-state index contributed by atoms with van der Waals surface area (Å²) in [6, 6.07) is 3.20. The van der Waals surface area contributed by atoms with Gasteiger partial charge in [-0.05, 0) is 38.3 Å². The largest absolute Gasteiger partial charge is 0.481 e. The number of nitrogens with zero attached hydrogens (tertiary/aromatic N) is 1. The maximum atomic E-state index is 13.4. The quantitative estimate of drug-likeness (QED) is 0.925. The molecule has 0 bridgehead atoms. The van der Waals surface area contributed by atoms with Crippen LogP contribution in [0.2, 0.25) is 0 Å². The number of carbonyl (C=O) groups excluding carboxylic acids is 1. The van der Waals surface area contributed by atoms with E-state index in [9.17, 15) is 14.0 Å². The lowest BCUT2D eigenvalue weighted by molar-refractivity contribution is -0.138. The van der Waals surface area contributed by atoms with Gasteiger partial charge in [0.25, 0.3) is 5.91 Å². The van der Waals surface area contributed by atoms with Gasteiger partial charge in [-0.2, -0.15) is 0 Å². The van der Waals surface area contributed by atoms with Crippen molar-refractivity contribution in [2.45, 2.75) is 32.3 Å². The summed E-state index contributed by atoms with van der Waals surface area (Å²) in [5, 5.41) is 8.88. The SMILES string of the molecule is CC(Oc1cc(F)cc(C(=O)O)c1)C(=O)N1CCCCC1. The summed E-state index contributed by atoms with van der Waals surface area (Å²) in [6.07, 6.45) is 2.29. The minimum atomic E-state index is -1.24. The van der Waals surface area contributed by atoms with Crippen LogP contribution in [0.4, 0.5) is 4.39 Å². The fraction of sp³-hybridized carbons (Fsp3) is 0.467. The zero-order chi connectivity index (χ0) is 15.4. The molecule has 1 aromatic carbocycles. The van der Waals surface area contributed by atoms with E-state index in [0.29, 0.717) is 13.1 Å². The lowest BCUT2D eigenvalue weighted by atomic mass is 10.1. The van der Waals surface area contributed by atoms with Crippen LogP contribution in [0.3, 0.4) is 0 Å². The van der Waals surface area contributed by atoms with Crippen LogP contribution >= 0.6 is 0 Å². The predicted octanol–water partition coefficient (Wildman–Crippen LogP) is 2.30. The molecule has 114 valence electrons. The van der Waals surface area contributed by atoms with Crippen molar-refractivity contribution in [2.24, 2.45) is 0 Å². The number of aromatic carboxylic acids is 1. The molecule has 1 atom stereocenters. The van der Waals surface area contributed by atoms with Gasteiger partial charge in [0, 0.05) is 19.2 Å². The molecule has 0 aromatic heterocycles. The number of carboxylic acids is 1. The Morgan fingerprint density at radius 2 is 1.90 bits per heavy atom. The molecule has 6 heteroatoms. The van der Waals surface area contributed by atoms with E-state index in [1.807, 2.05) is 0 Å². The van der Waals surface area contributed by atoms with Crippen molar-refractivity contribution in [3.63, 3.8) is 0 Å². The van der Waals surface area contributed by atoms with E-state index in [1.165, 1.54) is 6.07 Å². The lowest BCUT2D eigenvalue weighted by Gasteiger charge is -2.29. The first-order valence-corrected chi connectivity index (χ1v) is 6.96. The Hall–Kier alpha value is -2.11. The zero-order valence-electron chi connectivity index (χ0n) is 11.8. The van der Waals surface area contributed by atoms with Gasteiger partial charge in [0.05, 0.1) is 5.56 Å². The highest BCUT2D eigenvalue weighted by molar-refractivity contribution is 5.88. The Morgan fingerprint density at radius 3 is 2.52 bits per heavy atom. The number of amides is 1. The number of carboxylic acid groups (broad SMARTS) is 1. The van der Waals surface area contributed by atoms with Crippen LogP contribution in [0.15, 0.2) is 18.2 Å². The van der Waals surface area contributed by atoms with E-state index < -0.39 is 17.9 Å². The molecule has 0 spiro atoms. The molecule has 1 fully saturated rings. The van der Waals surface area contributed by atoms with E-state index >= 15 is 0 Å². The minimum Gasteiger partial charge on any atom is -0.481 e. The third-order valence-electron chi connectivity index (χ3n) is 3.45. The number of carbonyl (C=O) groups is 2. The molecule has 5 nitrogen and oxygen atoms in total. The smallest absolute Gasteiger partial charge is 0.335 e. The Balaban J connectivity index is 2.06. The Kier molecular flexibility index (Phi) is 4.77. The van der Waals surface area contributed by atoms with Crippen molar-refractivity contribution >= 4 is 11.9 Å². The number of halogens is 1. The van der Waals surface area contributed by atoms with Gasteiger partial charge in [0.2, 0.25) is 0 Å². The van der Waals surface area contributed by atoms with Gasteiger partial charge in [-0.1, -0.05) is 0 Å². The topological polar surface area (TPSA) is 66.8 Å².